The maximum absolute atomic E-state index is 2.50. The van der Waals surface area contributed by atoms with Gasteiger partial charge in [-0.1, -0.05) is 176 Å². The lowest BCUT2D eigenvalue weighted by Gasteiger charge is -2.32. The van der Waals surface area contributed by atoms with Crippen LogP contribution < -0.4 is 4.90 Å². The first-order valence-corrected chi connectivity index (χ1v) is 21.0. The predicted molar refractivity (Wildman–Crippen MR) is 254 cm³/mol. The van der Waals surface area contributed by atoms with Crippen LogP contribution in [0.25, 0.3) is 86.9 Å². The summed E-state index contributed by atoms with van der Waals surface area (Å²) in [4.78, 5) is 2.49. The Balaban J connectivity index is 1.11. The van der Waals surface area contributed by atoms with Crippen molar-refractivity contribution in [1.82, 2.24) is 0 Å². The van der Waals surface area contributed by atoms with Gasteiger partial charge in [-0.05, 0) is 146 Å². The Labute approximate surface area is 347 Å². The summed E-state index contributed by atoms with van der Waals surface area (Å²) in [6.45, 7) is 0. The van der Waals surface area contributed by atoms with Crippen molar-refractivity contribution in [3.63, 3.8) is 0 Å². The second-order valence-electron chi connectivity index (χ2n) is 16.7. The molecule has 0 radical (unpaired) electrons. The second kappa shape index (κ2) is 11.7. The maximum atomic E-state index is 2.50. The number of nitrogens with zero attached hydrogens (tertiary/aromatic N) is 1. The van der Waals surface area contributed by atoms with E-state index >= 15 is 0 Å². The molecule has 12 aromatic rings. The molecule has 0 fully saturated rings. The number of anilines is 3. The SMILES string of the molecule is c1ccc(N(c2ccc3c(c2)C2(c4ccccc4-c4ccccc42)c2ccccc2-3)c2cc3ccc4cccc5c6cccc7ccc8cccc(c(c2)c3c45)c8c76)cc1. The molecular formula is C59H35N. The summed E-state index contributed by atoms with van der Waals surface area (Å²) in [6, 6.07) is 80.1. The third-order valence-electron chi connectivity index (χ3n) is 13.9. The summed E-state index contributed by atoms with van der Waals surface area (Å²) < 4.78 is 0. The van der Waals surface area contributed by atoms with Crippen LogP contribution in [0.4, 0.5) is 17.1 Å². The van der Waals surface area contributed by atoms with Crippen molar-refractivity contribution in [2.24, 2.45) is 0 Å². The summed E-state index contributed by atoms with van der Waals surface area (Å²) in [5.74, 6) is 0. The van der Waals surface area contributed by atoms with Gasteiger partial charge in [0, 0.05) is 17.1 Å². The van der Waals surface area contributed by atoms with Crippen LogP contribution in [0.1, 0.15) is 22.3 Å². The fourth-order valence-electron chi connectivity index (χ4n) is 11.6. The highest BCUT2D eigenvalue weighted by atomic mass is 15.1. The Hall–Kier alpha value is -7.74. The summed E-state index contributed by atoms with van der Waals surface area (Å²) in [7, 11) is 0. The van der Waals surface area contributed by atoms with E-state index in [0.717, 1.165) is 17.1 Å². The molecule has 2 aliphatic rings. The predicted octanol–water partition coefficient (Wildman–Crippen LogP) is 15.9. The number of hydrogen-bond acceptors (Lipinski definition) is 1. The lowest BCUT2D eigenvalue weighted by atomic mass is 9.70. The maximum Gasteiger partial charge on any atom is 0.0726 e. The van der Waals surface area contributed by atoms with Crippen LogP contribution in [0.2, 0.25) is 0 Å². The molecular weight excluding hydrogens is 723 g/mol. The highest BCUT2D eigenvalue weighted by Gasteiger charge is 2.51. The number of para-hydroxylation sites is 1. The first-order valence-electron chi connectivity index (χ1n) is 21.0. The fourth-order valence-corrected chi connectivity index (χ4v) is 11.6. The van der Waals surface area contributed by atoms with Gasteiger partial charge in [0.1, 0.15) is 0 Å². The van der Waals surface area contributed by atoms with Crippen molar-refractivity contribution in [3.8, 4) is 22.3 Å². The Kier molecular flexibility index (Phi) is 6.28. The molecule has 0 bridgehead atoms. The van der Waals surface area contributed by atoms with Crippen molar-refractivity contribution < 1.29 is 0 Å². The van der Waals surface area contributed by atoms with E-state index in [1.165, 1.54) is 109 Å². The highest BCUT2D eigenvalue weighted by Crippen LogP contribution is 2.63. The van der Waals surface area contributed by atoms with Crippen LogP contribution in [0.5, 0.6) is 0 Å². The third kappa shape index (κ3) is 4.02. The Bertz CT molecular complexity index is 3710. The number of fused-ring (bicyclic) bond motifs is 12. The van der Waals surface area contributed by atoms with E-state index in [4.69, 9.17) is 0 Å². The largest absolute Gasteiger partial charge is 0.310 e. The summed E-state index contributed by atoms with van der Waals surface area (Å²) in [5, 5.41) is 15.4. The zero-order valence-corrected chi connectivity index (χ0v) is 32.7. The molecule has 0 aliphatic heterocycles. The van der Waals surface area contributed by atoms with Gasteiger partial charge in [-0.25, -0.2) is 0 Å². The Morgan fingerprint density at radius 2 is 0.700 bits per heavy atom. The molecule has 0 aromatic heterocycles. The average Bonchev–Trinajstić information content (AvgIpc) is 3.78. The fraction of sp³-hybridized carbons (Fsp3) is 0.0169. The first-order chi connectivity index (χ1) is 29.8. The first kappa shape index (κ1) is 32.2. The monoisotopic (exact) mass is 757 g/mol. The van der Waals surface area contributed by atoms with Crippen LogP contribution >= 0.6 is 0 Å². The molecule has 0 unspecified atom stereocenters. The molecule has 1 heteroatoms. The molecule has 0 amide bonds. The van der Waals surface area contributed by atoms with Crippen LogP contribution in [0.15, 0.2) is 212 Å². The molecule has 14 rings (SSSR count). The lowest BCUT2D eigenvalue weighted by molar-refractivity contribution is 0.793. The molecule has 0 saturated carbocycles. The Morgan fingerprint density at radius 1 is 0.250 bits per heavy atom. The summed E-state index contributed by atoms with van der Waals surface area (Å²) in [5.41, 5.74) is 13.6. The molecule has 60 heavy (non-hydrogen) atoms. The normalized spacial score (nSPS) is 13.5. The van der Waals surface area contributed by atoms with Gasteiger partial charge in [0.25, 0.3) is 0 Å². The van der Waals surface area contributed by atoms with Gasteiger partial charge in [-0.15, -0.1) is 0 Å². The van der Waals surface area contributed by atoms with E-state index in [2.05, 4.69) is 217 Å². The van der Waals surface area contributed by atoms with Crippen molar-refractivity contribution in [2.75, 3.05) is 4.90 Å². The van der Waals surface area contributed by atoms with Gasteiger partial charge in [-0.2, -0.15) is 0 Å². The molecule has 0 atom stereocenters. The molecule has 276 valence electrons. The van der Waals surface area contributed by atoms with Crippen molar-refractivity contribution in [2.45, 2.75) is 5.41 Å². The second-order valence-corrected chi connectivity index (χ2v) is 16.7. The van der Waals surface area contributed by atoms with Gasteiger partial charge in [-0.3, -0.25) is 0 Å². The molecule has 2 aliphatic carbocycles. The molecule has 0 saturated heterocycles. The van der Waals surface area contributed by atoms with Gasteiger partial charge >= 0.3 is 0 Å². The van der Waals surface area contributed by atoms with Crippen LogP contribution in [0, 0.1) is 0 Å². The van der Waals surface area contributed by atoms with Crippen molar-refractivity contribution in [1.29, 1.82) is 0 Å². The lowest BCUT2D eigenvalue weighted by Crippen LogP contribution is -2.26. The van der Waals surface area contributed by atoms with Crippen LogP contribution in [-0.4, -0.2) is 0 Å². The number of hydrogen-bond donors (Lipinski definition) is 0. The zero-order chi connectivity index (χ0) is 39.1. The van der Waals surface area contributed by atoms with E-state index in [1.807, 2.05) is 0 Å². The third-order valence-corrected chi connectivity index (χ3v) is 13.9. The van der Waals surface area contributed by atoms with E-state index in [9.17, 15) is 0 Å². The summed E-state index contributed by atoms with van der Waals surface area (Å²) >= 11 is 0. The zero-order valence-electron chi connectivity index (χ0n) is 32.7. The minimum atomic E-state index is -0.430. The number of rotatable bonds is 3. The summed E-state index contributed by atoms with van der Waals surface area (Å²) in [6.07, 6.45) is 0. The molecule has 0 heterocycles. The van der Waals surface area contributed by atoms with Crippen LogP contribution in [-0.2, 0) is 5.41 Å². The van der Waals surface area contributed by atoms with Gasteiger partial charge in [0.2, 0.25) is 0 Å². The molecule has 1 nitrogen and oxygen atoms in total. The molecule has 1 spiro atoms. The number of benzene rings is 11. The van der Waals surface area contributed by atoms with E-state index < -0.39 is 5.41 Å². The minimum Gasteiger partial charge on any atom is -0.310 e. The van der Waals surface area contributed by atoms with Crippen LogP contribution in [0.3, 0.4) is 0 Å². The van der Waals surface area contributed by atoms with E-state index in [-0.39, 0.29) is 0 Å². The Morgan fingerprint density at radius 3 is 1.25 bits per heavy atom. The van der Waals surface area contributed by atoms with Crippen molar-refractivity contribution >= 4 is 81.7 Å². The molecule has 12 aromatic carbocycles. The minimum absolute atomic E-state index is 0.430. The van der Waals surface area contributed by atoms with Gasteiger partial charge in [0.15, 0.2) is 0 Å². The highest BCUT2D eigenvalue weighted by molar-refractivity contribution is 6.37. The van der Waals surface area contributed by atoms with E-state index in [1.54, 1.807) is 0 Å². The molecule has 0 N–H and O–H groups in total. The topological polar surface area (TPSA) is 3.24 Å². The smallest absolute Gasteiger partial charge is 0.0726 e. The van der Waals surface area contributed by atoms with Crippen molar-refractivity contribution in [3.05, 3.63) is 235 Å². The standard InChI is InChI=1S/C59H35N/c1-2-16-40(17-3-1)60(41-31-32-46-45-20-6-9-26-53(45)59(54(46)35-41)51-24-7-4-18-43(51)44-19-5-8-25-52(44)59)42-33-39-30-29-38-14-11-22-48-47-21-10-13-36-27-28-37-15-12-23-49(57(37)55(36)47)50(34-42)58(39)56(38)48/h1-35H. The van der Waals surface area contributed by atoms with Gasteiger partial charge < -0.3 is 4.90 Å². The van der Waals surface area contributed by atoms with Gasteiger partial charge in [0.05, 0.1) is 5.41 Å². The quantitative estimate of drug-likeness (QED) is 0.162. The van der Waals surface area contributed by atoms with E-state index in [0.29, 0.717) is 0 Å². The average molecular weight is 758 g/mol.